The van der Waals surface area contributed by atoms with Gasteiger partial charge in [-0.15, -0.1) is 0 Å². The molecule has 0 aliphatic carbocycles. The number of anilines is 1. The van der Waals surface area contributed by atoms with Gasteiger partial charge in [0.05, 0.1) is 6.54 Å². The van der Waals surface area contributed by atoms with Crippen molar-refractivity contribution in [1.29, 1.82) is 0 Å². The number of furan rings is 1. The molecule has 0 aromatic carbocycles. The predicted octanol–water partition coefficient (Wildman–Crippen LogP) is 1.03. The SMILES string of the molecule is Cn1ccc(NC(=O)NCc2ccc(C(=O)O)o2)n1. The second-order valence-electron chi connectivity index (χ2n) is 3.75. The molecule has 0 atom stereocenters. The van der Waals surface area contributed by atoms with E-state index in [1.807, 2.05) is 0 Å². The van der Waals surface area contributed by atoms with Crippen LogP contribution in [-0.4, -0.2) is 26.9 Å². The Morgan fingerprint density at radius 2 is 2.21 bits per heavy atom. The van der Waals surface area contributed by atoms with Crippen LogP contribution in [0.2, 0.25) is 0 Å². The van der Waals surface area contributed by atoms with Crippen molar-refractivity contribution < 1.29 is 19.1 Å². The Labute approximate surface area is 108 Å². The molecule has 0 radical (unpaired) electrons. The van der Waals surface area contributed by atoms with Crippen molar-refractivity contribution in [2.75, 3.05) is 5.32 Å². The van der Waals surface area contributed by atoms with Gasteiger partial charge in [-0.1, -0.05) is 0 Å². The summed E-state index contributed by atoms with van der Waals surface area (Å²) >= 11 is 0. The normalized spacial score (nSPS) is 10.2. The molecule has 0 unspecified atom stereocenters. The lowest BCUT2D eigenvalue weighted by Gasteiger charge is -2.03. The minimum atomic E-state index is -1.15. The highest BCUT2D eigenvalue weighted by atomic mass is 16.4. The van der Waals surface area contributed by atoms with Gasteiger partial charge in [0, 0.05) is 19.3 Å². The number of hydrogen-bond donors (Lipinski definition) is 3. The van der Waals surface area contributed by atoms with E-state index in [2.05, 4.69) is 15.7 Å². The van der Waals surface area contributed by atoms with E-state index in [-0.39, 0.29) is 12.3 Å². The lowest BCUT2D eigenvalue weighted by Crippen LogP contribution is -2.28. The monoisotopic (exact) mass is 264 g/mol. The maximum Gasteiger partial charge on any atom is 0.371 e. The summed E-state index contributed by atoms with van der Waals surface area (Å²) < 4.78 is 6.54. The number of urea groups is 1. The molecular weight excluding hydrogens is 252 g/mol. The number of aromatic nitrogens is 2. The van der Waals surface area contributed by atoms with Crippen LogP contribution < -0.4 is 10.6 Å². The lowest BCUT2D eigenvalue weighted by atomic mass is 10.4. The van der Waals surface area contributed by atoms with E-state index in [9.17, 15) is 9.59 Å². The Morgan fingerprint density at radius 1 is 1.42 bits per heavy atom. The van der Waals surface area contributed by atoms with Gasteiger partial charge in [0.15, 0.2) is 5.82 Å². The number of carboxylic acid groups (broad SMARTS) is 1. The van der Waals surface area contributed by atoms with Crippen LogP contribution in [-0.2, 0) is 13.6 Å². The fraction of sp³-hybridized carbons (Fsp3) is 0.182. The standard InChI is InChI=1S/C11H12N4O4/c1-15-5-4-9(14-15)13-11(18)12-6-7-2-3-8(19-7)10(16)17/h2-5H,6H2,1H3,(H,16,17)(H2,12,13,14,18). The predicted molar refractivity (Wildman–Crippen MR) is 64.7 cm³/mol. The molecule has 0 saturated heterocycles. The van der Waals surface area contributed by atoms with Crippen LogP contribution in [0.15, 0.2) is 28.8 Å². The Hall–Kier alpha value is -2.77. The summed E-state index contributed by atoms with van der Waals surface area (Å²) in [5.41, 5.74) is 0. The number of hydrogen-bond acceptors (Lipinski definition) is 4. The van der Waals surface area contributed by atoms with Crippen molar-refractivity contribution in [2.24, 2.45) is 7.05 Å². The fourth-order valence-corrected chi connectivity index (χ4v) is 1.40. The third-order valence-electron chi connectivity index (χ3n) is 2.25. The highest BCUT2D eigenvalue weighted by molar-refractivity contribution is 5.88. The smallest absolute Gasteiger partial charge is 0.371 e. The van der Waals surface area contributed by atoms with Gasteiger partial charge >= 0.3 is 12.0 Å². The zero-order valence-corrected chi connectivity index (χ0v) is 10.1. The number of aromatic carboxylic acids is 1. The van der Waals surface area contributed by atoms with E-state index >= 15 is 0 Å². The van der Waals surface area contributed by atoms with E-state index < -0.39 is 12.0 Å². The maximum atomic E-state index is 11.5. The second-order valence-corrected chi connectivity index (χ2v) is 3.75. The number of carbonyl (C=O) groups is 2. The molecule has 8 heteroatoms. The molecular formula is C11H12N4O4. The molecule has 100 valence electrons. The van der Waals surface area contributed by atoms with Crippen LogP contribution in [0.4, 0.5) is 10.6 Å². The number of nitrogens with zero attached hydrogens (tertiary/aromatic N) is 2. The van der Waals surface area contributed by atoms with Crippen molar-refractivity contribution in [2.45, 2.75) is 6.54 Å². The molecule has 2 amide bonds. The van der Waals surface area contributed by atoms with Crippen LogP contribution in [0.25, 0.3) is 0 Å². The summed E-state index contributed by atoms with van der Waals surface area (Å²) in [7, 11) is 1.74. The molecule has 0 aliphatic rings. The first-order valence-corrected chi connectivity index (χ1v) is 5.41. The number of amides is 2. The van der Waals surface area contributed by atoms with Gasteiger partial charge in [-0.05, 0) is 12.1 Å². The molecule has 0 saturated carbocycles. The number of rotatable bonds is 4. The van der Waals surface area contributed by atoms with Crippen LogP contribution >= 0.6 is 0 Å². The molecule has 0 spiro atoms. The minimum absolute atomic E-state index is 0.0892. The first kappa shape index (κ1) is 12.7. The van der Waals surface area contributed by atoms with E-state index in [1.165, 1.54) is 12.1 Å². The Balaban J connectivity index is 1.84. The molecule has 2 rings (SSSR count). The summed E-state index contributed by atoms with van der Waals surface area (Å²) in [4.78, 5) is 22.1. The van der Waals surface area contributed by atoms with Gasteiger partial charge in [-0.2, -0.15) is 5.10 Å². The van der Waals surface area contributed by atoms with Gasteiger partial charge in [0.25, 0.3) is 0 Å². The first-order chi connectivity index (χ1) is 9.04. The number of carboxylic acids is 1. The van der Waals surface area contributed by atoms with Gasteiger partial charge in [-0.3, -0.25) is 10.00 Å². The van der Waals surface area contributed by atoms with Gasteiger partial charge in [-0.25, -0.2) is 9.59 Å². The summed E-state index contributed by atoms with van der Waals surface area (Å²) in [5, 5.41) is 17.7. The van der Waals surface area contributed by atoms with Crippen molar-refractivity contribution in [1.82, 2.24) is 15.1 Å². The van der Waals surface area contributed by atoms with Crippen LogP contribution in [0.5, 0.6) is 0 Å². The largest absolute Gasteiger partial charge is 0.475 e. The van der Waals surface area contributed by atoms with Crippen molar-refractivity contribution in [3.63, 3.8) is 0 Å². The van der Waals surface area contributed by atoms with Crippen LogP contribution in [0.3, 0.4) is 0 Å². The van der Waals surface area contributed by atoms with Crippen molar-refractivity contribution in [3.05, 3.63) is 35.9 Å². The second kappa shape index (κ2) is 5.25. The topological polar surface area (TPSA) is 109 Å². The third kappa shape index (κ3) is 3.35. The zero-order chi connectivity index (χ0) is 13.8. The van der Waals surface area contributed by atoms with E-state index in [4.69, 9.17) is 9.52 Å². The summed E-state index contributed by atoms with van der Waals surface area (Å²) in [6.45, 7) is 0.0892. The number of carbonyl (C=O) groups excluding carboxylic acids is 1. The Kier molecular flexibility index (Phi) is 3.51. The van der Waals surface area contributed by atoms with Gasteiger partial charge < -0.3 is 14.8 Å². The third-order valence-corrected chi connectivity index (χ3v) is 2.25. The van der Waals surface area contributed by atoms with E-state index in [1.54, 1.807) is 24.0 Å². The van der Waals surface area contributed by atoms with Gasteiger partial charge in [0.1, 0.15) is 5.76 Å². The molecule has 0 fully saturated rings. The molecule has 3 N–H and O–H groups in total. The van der Waals surface area contributed by atoms with E-state index in [0.717, 1.165) is 0 Å². The molecule has 2 aromatic rings. The molecule has 8 nitrogen and oxygen atoms in total. The average molecular weight is 264 g/mol. The fourth-order valence-electron chi connectivity index (χ4n) is 1.40. The average Bonchev–Trinajstić information content (AvgIpc) is 2.96. The molecule has 19 heavy (non-hydrogen) atoms. The quantitative estimate of drug-likeness (QED) is 0.764. The van der Waals surface area contributed by atoms with Gasteiger partial charge in [0.2, 0.25) is 5.76 Å². The van der Waals surface area contributed by atoms with Crippen LogP contribution in [0.1, 0.15) is 16.3 Å². The summed E-state index contributed by atoms with van der Waals surface area (Å²) in [5.74, 6) is -0.537. The summed E-state index contributed by atoms with van der Waals surface area (Å²) in [6, 6.07) is 4.02. The highest BCUT2D eigenvalue weighted by Gasteiger charge is 2.10. The van der Waals surface area contributed by atoms with Crippen molar-refractivity contribution in [3.8, 4) is 0 Å². The molecule has 0 bridgehead atoms. The summed E-state index contributed by atoms with van der Waals surface area (Å²) in [6.07, 6.45) is 1.70. The van der Waals surface area contributed by atoms with E-state index in [0.29, 0.717) is 11.6 Å². The van der Waals surface area contributed by atoms with Crippen molar-refractivity contribution >= 4 is 17.8 Å². The Bertz CT molecular complexity index is 601. The zero-order valence-electron chi connectivity index (χ0n) is 10.1. The number of nitrogens with one attached hydrogen (secondary N) is 2. The Morgan fingerprint density at radius 3 is 2.79 bits per heavy atom. The highest BCUT2D eigenvalue weighted by Crippen LogP contribution is 2.07. The molecule has 0 aliphatic heterocycles. The lowest BCUT2D eigenvalue weighted by molar-refractivity contribution is 0.0660. The van der Waals surface area contributed by atoms with Crippen LogP contribution in [0, 0.1) is 0 Å². The minimum Gasteiger partial charge on any atom is -0.475 e. The first-order valence-electron chi connectivity index (χ1n) is 5.41. The molecule has 2 aromatic heterocycles. The number of aryl methyl sites for hydroxylation is 1. The maximum absolute atomic E-state index is 11.5. The molecule has 2 heterocycles.